The molecule has 0 bridgehead atoms. The zero-order valence-corrected chi connectivity index (χ0v) is 10.3. The zero-order valence-electron chi connectivity index (χ0n) is 10.3. The molecule has 1 aliphatic carbocycles. The highest BCUT2D eigenvalue weighted by molar-refractivity contribution is 5.31. The number of hydrogen-bond acceptors (Lipinski definition) is 1. The Morgan fingerprint density at radius 1 is 1.06 bits per heavy atom. The molecule has 0 saturated carbocycles. The summed E-state index contributed by atoms with van der Waals surface area (Å²) in [6.45, 7) is 2.31. The quantitative estimate of drug-likeness (QED) is 0.726. The van der Waals surface area contributed by atoms with Gasteiger partial charge in [-0.15, -0.1) is 0 Å². The molecule has 17 heavy (non-hydrogen) atoms. The Morgan fingerprint density at radius 2 is 2.00 bits per heavy atom. The summed E-state index contributed by atoms with van der Waals surface area (Å²) < 4.78 is 13.2. The zero-order chi connectivity index (χ0) is 11.7. The lowest BCUT2D eigenvalue weighted by Gasteiger charge is -2.37. The van der Waals surface area contributed by atoms with Crippen LogP contribution < -0.4 is 5.32 Å². The van der Waals surface area contributed by atoms with Crippen molar-refractivity contribution in [2.24, 2.45) is 5.41 Å². The molecule has 2 heteroatoms. The average Bonchev–Trinajstić information content (AvgIpc) is 2.56. The molecule has 1 aliphatic heterocycles. The van der Waals surface area contributed by atoms with Crippen LogP contribution in [-0.2, 0) is 12.8 Å². The molecule has 1 atom stereocenters. The monoisotopic (exact) mass is 233 g/mol. The first-order valence-electron chi connectivity index (χ1n) is 6.76. The molecule has 1 aromatic rings. The van der Waals surface area contributed by atoms with Crippen molar-refractivity contribution in [1.29, 1.82) is 0 Å². The van der Waals surface area contributed by atoms with Gasteiger partial charge in [-0.2, -0.15) is 0 Å². The highest BCUT2D eigenvalue weighted by Crippen LogP contribution is 2.42. The fraction of sp³-hybridized carbons (Fsp3) is 0.600. The first-order valence-corrected chi connectivity index (χ1v) is 6.76. The third kappa shape index (κ3) is 2.23. The van der Waals surface area contributed by atoms with Crippen LogP contribution in [0.15, 0.2) is 18.2 Å². The molecule has 0 radical (unpaired) electrons. The van der Waals surface area contributed by atoms with Crippen molar-refractivity contribution < 1.29 is 4.39 Å². The summed E-state index contributed by atoms with van der Waals surface area (Å²) in [5.74, 6) is -0.0813. The highest BCUT2D eigenvalue weighted by atomic mass is 19.1. The van der Waals surface area contributed by atoms with Crippen molar-refractivity contribution in [2.75, 3.05) is 13.1 Å². The number of rotatable bonds is 0. The van der Waals surface area contributed by atoms with Crippen LogP contribution in [0.3, 0.4) is 0 Å². The molecule has 1 fully saturated rings. The summed E-state index contributed by atoms with van der Waals surface area (Å²) in [4.78, 5) is 0. The molecule has 1 unspecified atom stereocenters. The summed E-state index contributed by atoms with van der Waals surface area (Å²) in [6, 6.07) is 5.36. The number of aryl methyl sites for hydroxylation is 1. The summed E-state index contributed by atoms with van der Waals surface area (Å²) in [6.07, 6.45) is 7.36. The highest BCUT2D eigenvalue weighted by Gasteiger charge is 2.34. The van der Waals surface area contributed by atoms with Gasteiger partial charge in [-0.25, -0.2) is 4.39 Å². The van der Waals surface area contributed by atoms with Crippen molar-refractivity contribution in [3.05, 3.63) is 35.1 Å². The second kappa shape index (κ2) is 4.41. The smallest absolute Gasteiger partial charge is 0.123 e. The summed E-state index contributed by atoms with van der Waals surface area (Å²) in [7, 11) is 0. The predicted molar refractivity (Wildman–Crippen MR) is 67.6 cm³/mol. The van der Waals surface area contributed by atoms with E-state index >= 15 is 0 Å². The van der Waals surface area contributed by atoms with Gasteiger partial charge in [0.1, 0.15) is 5.82 Å². The summed E-state index contributed by atoms with van der Waals surface area (Å²) in [5, 5.41) is 3.49. The lowest BCUT2D eigenvalue weighted by Crippen LogP contribution is -2.30. The Labute approximate surface area is 102 Å². The number of nitrogens with one attached hydrogen (secondary N) is 1. The first kappa shape index (κ1) is 11.2. The van der Waals surface area contributed by atoms with E-state index in [4.69, 9.17) is 0 Å². The van der Waals surface area contributed by atoms with Gasteiger partial charge < -0.3 is 5.32 Å². The lowest BCUT2D eigenvalue weighted by atomic mass is 9.67. The van der Waals surface area contributed by atoms with Crippen molar-refractivity contribution >= 4 is 0 Å². The van der Waals surface area contributed by atoms with Crippen LogP contribution in [0.25, 0.3) is 0 Å². The van der Waals surface area contributed by atoms with E-state index in [1.807, 2.05) is 6.07 Å². The van der Waals surface area contributed by atoms with E-state index in [-0.39, 0.29) is 5.82 Å². The Bertz CT molecular complexity index is 405. The average molecular weight is 233 g/mol. The van der Waals surface area contributed by atoms with E-state index in [2.05, 4.69) is 5.32 Å². The van der Waals surface area contributed by atoms with Gasteiger partial charge in [0, 0.05) is 0 Å². The number of benzene rings is 1. The maximum Gasteiger partial charge on any atom is 0.123 e. The van der Waals surface area contributed by atoms with Crippen LogP contribution in [0.2, 0.25) is 0 Å². The molecule has 1 heterocycles. The second-order valence-corrected chi connectivity index (χ2v) is 5.69. The van der Waals surface area contributed by atoms with Crippen LogP contribution in [0.4, 0.5) is 4.39 Å². The molecule has 3 rings (SSSR count). The minimum atomic E-state index is -0.0813. The molecule has 1 nitrogen and oxygen atoms in total. The van der Waals surface area contributed by atoms with Gasteiger partial charge in [0.05, 0.1) is 0 Å². The third-order valence-electron chi connectivity index (χ3n) is 4.55. The topological polar surface area (TPSA) is 12.0 Å². The van der Waals surface area contributed by atoms with E-state index in [1.165, 1.54) is 36.8 Å². The SMILES string of the molecule is Fc1ccc2c(c1)CCC1(CCCNCC1)C2. The van der Waals surface area contributed by atoms with Crippen molar-refractivity contribution in [3.8, 4) is 0 Å². The molecule has 0 amide bonds. The molecule has 1 N–H and O–H groups in total. The van der Waals surface area contributed by atoms with Gasteiger partial charge in [-0.1, -0.05) is 6.07 Å². The Balaban J connectivity index is 1.85. The Morgan fingerprint density at radius 3 is 2.94 bits per heavy atom. The van der Waals surface area contributed by atoms with Crippen LogP contribution in [0, 0.1) is 11.2 Å². The molecule has 0 aromatic heterocycles. The minimum absolute atomic E-state index is 0.0813. The van der Waals surface area contributed by atoms with Gasteiger partial charge in [0.25, 0.3) is 0 Å². The lowest BCUT2D eigenvalue weighted by molar-refractivity contribution is 0.215. The van der Waals surface area contributed by atoms with Gasteiger partial charge in [-0.3, -0.25) is 0 Å². The molecule has 1 spiro atoms. The fourth-order valence-corrected chi connectivity index (χ4v) is 3.51. The van der Waals surface area contributed by atoms with Crippen LogP contribution in [0.1, 0.15) is 36.8 Å². The van der Waals surface area contributed by atoms with Crippen LogP contribution >= 0.6 is 0 Å². The van der Waals surface area contributed by atoms with E-state index in [9.17, 15) is 4.39 Å². The summed E-state index contributed by atoms with van der Waals surface area (Å²) >= 11 is 0. The standard InChI is InChI=1S/C15H20FN/c16-14-3-2-13-11-15(6-4-12(13)10-14)5-1-8-17-9-7-15/h2-3,10,17H,1,4-9,11H2. The minimum Gasteiger partial charge on any atom is -0.317 e. The number of fused-ring (bicyclic) bond motifs is 1. The first-order chi connectivity index (χ1) is 8.27. The van der Waals surface area contributed by atoms with Crippen molar-refractivity contribution in [2.45, 2.75) is 38.5 Å². The number of hydrogen-bond donors (Lipinski definition) is 1. The van der Waals surface area contributed by atoms with Gasteiger partial charge in [-0.05, 0) is 80.3 Å². The maximum absolute atomic E-state index is 13.2. The van der Waals surface area contributed by atoms with Crippen molar-refractivity contribution in [1.82, 2.24) is 5.32 Å². The normalized spacial score (nSPS) is 28.8. The van der Waals surface area contributed by atoms with E-state index in [0.29, 0.717) is 5.41 Å². The largest absolute Gasteiger partial charge is 0.317 e. The van der Waals surface area contributed by atoms with E-state index in [1.54, 1.807) is 12.1 Å². The van der Waals surface area contributed by atoms with Gasteiger partial charge in [0.15, 0.2) is 0 Å². The van der Waals surface area contributed by atoms with Crippen LogP contribution in [0.5, 0.6) is 0 Å². The van der Waals surface area contributed by atoms with Gasteiger partial charge in [0.2, 0.25) is 0 Å². The molecule has 1 saturated heterocycles. The maximum atomic E-state index is 13.2. The fourth-order valence-electron chi connectivity index (χ4n) is 3.51. The third-order valence-corrected chi connectivity index (χ3v) is 4.55. The Kier molecular flexibility index (Phi) is 2.91. The predicted octanol–water partition coefficient (Wildman–Crippen LogP) is 3.07. The summed E-state index contributed by atoms with van der Waals surface area (Å²) in [5.41, 5.74) is 3.13. The van der Waals surface area contributed by atoms with Crippen LogP contribution in [-0.4, -0.2) is 13.1 Å². The molecule has 1 aromatic carbocycles. The van der Waals surface area contributed by atoms with Crippen molar-refractivity contribution in [3.63, 3.8) is 0 Å². The molecular weight excluding hydrogens is 213 g/mol. The second-order valence-electron chi connectivity index (χ2n) is 5.69. The van der Waals surface area contributed by atoms with Gasteiger partial charge >= 0.3 is 0 Å². The number of halogens is 1. The molecule has 92 valence electrons. The molecule has 2 aliphatic rings. The molecular formula is C15H20FN. The Hall–Kier alpha value is -0.890. The van der Waals surface area contributed by atoms with E-state index in [0.717, 1.165) is 25.9 Å². The van der Waals surface area contributed by atoms with E-state index < -0.39 is 0 Å².